The van der Waals surface area contributed by atoms with E-state index < -0.39 is 21.7 Å². The topological polar surface area (TPSA) is 109 Å². The summed E-state index contributed by atoms with van der Waals surface area (Å²) in [7, 11) is -3.80. The molecule has 0 unspecified atom stereocenters. The summed E-state index contributed by atoms with van der Waals surface area (Å²) in [6.07, 6.45) is 2.75. The van der Waals surface area contributed by atoms with Crippen LogP contribution in [0.3, 0.4) is 0 Å². The molecular formula is C15H16FN5O3S. The van der Waals surface area contributed by atoms with Gasteiger partial charge in [0.2, 0.25) is 10.0 Å². The Morgan fingerprint density at radius 2 is 1.80 bits per heavy atom. The second-order valence-corrected chi connectivity index (χ2v) is 7.38. The molecule has 1 fully saturated rings. The smallest absolute Gasteiger partial charge is 0.276 e. The Kier molecular flexibility index (Phi) is 4.64. The number of nitrogens with two attached hydrogens (primary N) is 1. The number of halogens is 1. The number of anilines is 1. The van der Waals surface area contributed by atoms with Crippen LogP contribution in [-0.4, -0.2) is 59.7 Å². The number of amides is 1. The van der Waals surface area contributed by atoms with Crippen molar-refractivity contribution in [2.75, 3.05) is 31.9 Å². The minimum Gasteiger partial charge on any atom is -0.382 e. The quantitative estimate of drug-likeness (QED) is 0.840. The lowest BCUT2D eigenvalue weighted by atomic mass is 10.3. The standard InChI is InChI=1S/C15H16FN5O3S/c16-11-2-1-3-12(10-11)25(23,24)21-8-6-20(7-9-21)15(22)13-14(17)19-5-4-18-13/h1-5,10H,6-9H2,(H2,17,19). The Bertz CT molecular complexity index is 898. The highest BCUT2D eigenvalue weighted by Crippen LogP contribution is 2.19. The summed E-state index contributed by atoms with van der Waals surface area (Å²) in [6.45, 7) is 0.572. The van der Waals surface area contributed by atoms with E-state index in [0.29, 0.717) is 0 Å². The van der Waals surface area contributed by atoms with Crippen molar-refractivity contribution in [2.24, 2.45) is 0 Å². The first-order valence-corrected chi connectivity index (χ1v) is 8.95. The van der Waals surface area contributed by atoms with Crippen molar-refractivity contribution in [1.29, 1.82) is 0 Å². The number of rotatable bonds is 3. The maximum Gasteiger partial charge on any atom is 0.276 e. The van der Waals surface area contributed by atoms with E-state index in [-0.39, 0.29) is 42.6 Å². The molecule has 2 aromatic rings. The molecule has 0 atom stereocenters. The number of carbonyl (C=O) groups is 1. The SMILES string of the molecule is Nc1nccnc1C(=O)N1CCN(S(=O)(=O)c2cccc(F)c2)CC1. The molecule has 0 saturated carbocycles. The fourth-order valence-electron chi connectivity index (χ4n) is 2.57. The maximum atomic E-state index is 13.3. The minimum atomic E-state index is -3.80. The number of piperazine rings is 1. The van der Waals surface area contributed by atoms with Crippen LogP contribution in [-0.2, 0) is 10.0 Å². The average molecular weight is 365 g/mol. The van der Waals surface area contributed by atoms with E-state index in [1.165, 1.54) is 39.8 Å². The van der Waals surface area contributed by atoms with Crippen molar-refractivity contribution in [3.05, 3.63) is 48.2 Å². The normalized spacial score (nSPS) is 16.0. The Balaban J connectivity index is 1.72. The van der Waals surface area contributed by atoms with Gasteiger partial charge < -0.3 is 10.6 Å². The lowest BCUT2D eigenvalue weighted by Gasteiger charge is -2.33. The van der Waals surface area contributed by atoms with Gasteiger partial charge in [-0.05, 0) is 18.2 Å². The summed E-state index contributed by atoms with van der Waals surface area (Å²) in [5.74, 6) is -0.983. The number of benzene rings is 1. The average Bonchev–Trinajstić information content (AvgIpc) is 2.62. The second-order valence-electron chi connectivity index (χ2n) is 5.44. The third-order valence-corrected chi connectivity index (χ3v) is 5.78. The Labute approximate surface area is 144 Å². The molecule has 10 heteroatoms. The lowest BCUT2D eigenvalue weighted by molar-refractivity contribution is 0.0692. The highest BCUT2D eigenvalue weighted by Gasteiger charge is 2.31. The fourth-order valence-corrected chi connectivity index (χ4v) is 4.03. The van der Waals surface area contributed by atoms with Gasteiger partial charge in [0.15, 0.2) is 11.5 Å². The minimum absolute atomic E-state index is 0.0299. The van der Waals surface area contributed by atoms with Gasteiger partial charge in [-0.1, -0.05) is 6.07 Å². The molecule has 1 saturated heterocycles. The summed E-state index contributed by atoms with van der Waals surface area (Å²) < 4.78 is 39.6. The summed E-state index contributed by atoms with van der Waals surface area (Å²) in [6, 6.07) is 4.85. The summed E-state index contributed by atoms with van der Waals surface area (Å²) in [5, 5.41) is 0. The first kappa shape index (κ1) is 17.2. The molecule has 2 N–H and O–H groups in total. The summed E-state index contributed by atoms with van der Waals surface area (Å²) in [5.41, 5.74) is 5.70. The van der Waals surface area contributed by atoms with Gasteiger partial charge in [0.05, 0.1) is 4.90 Å². The van der Waals surface area contributed by atoms with Crippen LogP contribution in [0.15, 0.2) is 41.6 Å². The Hall–Kier alpha value is -2.59. The lowest BCUT2D eigenvalue weighted by Crippen LogP contribution is -2.50. The van der Waals surface area contributed by atoms with Crippen LogP contribution in [0.2, 0.25) is 0 Å². The molecule has 0 radical (unpaired) electrons. The molecule has 1 aliphatic rings. The van der Waals surface area contributed by atoms with Crippen LogP contribution in [0.25, 0.3) is 0 Å². The molecular weight excluding hydrogens is 349 g/mol. The van der Waals surface area contributed by atoms with Gasteiger partial charge in [-0.3, -0.25) is 4.79 Å². The van der Waals surface area contributed by atoms with Crippen LogP contribution < -0.4 is 5.73 Å². The zero-order valence-corrected chi connectivity index (χ0v) is 14.0. The summed E-state index contributed by atoms with van der Waals surface area (Å²) >= 11 is 0. The number of nitrogen functional groups attached to an aromatic ring is 1. The molecule has 8 nitrogen and oxygen atoms in total. The largest absolute Gasteiger partial charge is 0.382 e. The molecule has 0 aliphatic carbocycles. The molecule has 0 bridgehead atoms. The van der Waals surface area contributed by atoms with Crippen molar-refractivity contribution in [3.63, 3.8) is 0 Å². The van der Waals surface area contributed by atoms with E-state index in [1.54, 1.807) is 0 Å². The van der Waals surface area contributed by atoms with E-state index in [4.69, 9.17) is 5.73 Å². The molecule has 1 aromatic heterocycles. The predicted octanol–water partition coefficient (Wildman–Crippen LogP) is 0.345. The third-order valence-electron chi connectivity index (χ3n) is 3.89. The van der Waals surface area contributed by atoms with Crippen molar-refractivity contribution in [1.82, 2.24) is 19.2 Å². The van der Waals surface area contributed by atoms with Gasteiger partial charge in [0.25, 0.3) is 5.91 Å². The van der Waals surface area contributed by atoms with Crippen molar-refractivity contribution < 1.29 is 17.6 Å². The highest BCUT2D eigenvalue weighted by molar-refractivity contribution is 7.89. The molecule has 2 heterocycles. The van der Waals surface area contributed by atoms with Gasteiger partial charge >= 0.3 is 0 Å². The molecule has 3 rings (SSSR count). The number of nitrogens with zero attached hydrogens (tertiary/aromatic N) is 4. The molecule has 1 aromatic carbocycles. The summed E-state index contributed by atoms with van der Waals surface area (Å²) in [4.78, 5) is 21.5. The molecule has 25 heavy (non-hydrogen) atoms. The fraction of sp³-hybridized carbons (Fsp3) is 0.267. The van der Waals surface area contributed by atoms with E-state index in [1.807, 2.05) is 0 Å². The second kappa shape index (κ2) is 6.73. The Morgan fingerprint density at radius 3 is 2.44 bits per heavy atom. The van der Waals surface area contributed by atoms with Gasteiger partial charge in [0, 0.05) is 38.6 Å². The predicted molar refractivity (Wildman–Crippen MR) is 87.5 cm³/mol. The van der Waals surface area contributed by atoms with E-state index in [2.05, 4.69) is 9.97 Å². The number of hydrogen-bond acceptors (Lipinski definition) is 6. The van der Waals surface area contributed by atoms with E-state index >= 15 is 0 Å². The maximum absolute atomic E-state index is 13.3. The zero-order chi connectivity index (χ0) is 18.0. The van der Waals surface area contributed by atoms with Crippen molar-refractivity contribution in [2.45, 2.75) is 4.90 Å². The number of carbonyl (C=O) groups excluding carboxylic acids is 1. The van der Waals surface area contributed by atoms with E-state index in [9.17, 15) is 17.6 Å². The molecule has 0 spiro atoms. The molecule has 1 amide bonds. The number of sulfonamides is 1. The Morgan fingerprint density at radius 1 is 1.12 bits per heavy atom. The van der Waals surface area contributed by atoms with Gasteiger partial charge in [-0.2, -0.15) is 4.31 Å². The van der Waals surface area contributed by atoms with Gasteiger partial charge in [-0.15, -0.1) is 0 Å². The van der Waals surface area contributed by atoms with Crippen molar-refractivity contribution >= 4 is 21.7 Å². The monoisotopic (exact) mass is 365 g/mol. The first-order chi connectivity index (χ1) is 11.9. The molecule has 1 aliphatic heterocycles. The molecule has 132 valence electrons. The number of aromatic nitrogens is 2. The van der Waals surface area contributed by atoms with Gasteiger partial charge in [0.1, 0.15) is 5.82 Å². The van der Waals surface area contributed by atoms with Gasteiger partial charge in [-0.25, -0.2) is 22.8 Å². The van der Waals surface area contributed by atoms with Crippen LogP contribution >= 0.6 is 0 Å². The third kappa shape index (κ3) is 3.44. The first-order valence-electron chi connectivity index (χ1n) is 7.51. The zero-order valence-electron chi connectivity index (χ0n) is 13.2. The highest BCUT2D eigenvalue weighted by atomic mass is 32.2. The van der Waals surface area contributed by atoms with Crippen LogP contribution in [0.1, 0.15) is 10.5 Å². The van der Waals surface area contributed by atoms with Crippen LogP contribution in [0, 0.1) is 5.82 Å². The van der Waals surface area contributed by atoms with Crippen LogP contribution in [0.4, 0.5) is 10.2 Å². The van der Waals surface area contributed by atoms with E-state index in [0.717, 1.165) is 6.07 Å². The number of hydrogen-bond donors (Lipinski definition) is 1. The van der Waals surface area contributed by atoms with Crippen molar-refractivity contribution in [3.8, 4) is 0 Å². The van der Waals surface area contributed by atoms with Crippen LogP contribution in [0.5, 0.6) is 0 Å².